The lowest BCUT2D eigenvalue weighted by Gasteiger charge is -2.28. The van der Waals surface area contributed by atoms with Crippen molar-refractivity contribution in [3.8, 4) is 0 Å². The number of esters is 1. The fourth-order valence-electron chi connectivity index (χ4n) is 3.56. The van der Waals surface area contributed by atoms with E-state index in [4.69, 9.17) is 14.2 Å². The number of ether oxygens (including phenoxy) is 3. The summed E-state index contributed by atoms with van der Waals surface area (Å²) < 4.78 is 15.8. The van der Waals surface area contributed by atoms with Crippen LogP contribution in [0.1, 0.15) is 25.8 Å². The highest BCUT2D eigenvalue weighted by Crippen LogP contribution is 2.19. The number of anilines is 2. The Morgan fingerprint density at radius 2 is 1.69 bits per heavy atom. The van der Waals surface area contributed by atoms with Crippen molar-refractivity contribution in [2.24, 2.45) is 5.92 Å². The summed E-state index contributed by atoms with van der Waals surface area (Å²) in [6.07, 6.45) is -0.0960. The number of rotatable bonds is 10. The Balaban J connectivity index is 1.46. The maximum absolute atomic E-state index is 12.6. The lowest BCUT2D eigenvalue weighted by Crippen LogP contribution is -2.46. The second kappa shape index (κ2) is 13.3. The third-order valence-corrected chi connectivity index (χ3v) is 5.83. The van der Waals surface area contributed by atoms with Gasteiger partial charge in [-0.1, -0.05) is 50.6 Å². The van der Waals surface area contributed by atoms with Crippen LogP contribution in [-0.2, 0) is 30.4 Å². The minimum atomic E-state index is -0.927. The van der Waals surface area contributed by atoms with E-state index in [1.807, 2.05) is 56.3 Å². The Bertz CT molecular complexity index is 961. The first-order valence-corrected chi connectivity index (χ1v) is 11.8. The molecule has 9 nitrogen and oxygen atoms in total. The van der Waals surface area contributed by atoms with Gasteiger partial charge in [0.05, 0.1) is 13.2 Å². The SMILES string of the molecule is CC[C@H](C)[C@@H](NC(=O)OCc1ccccc1)C(=O)OCC(=O)Nc1ccc(N2CCOCC2)cc1. The van der Waals surface area contributed by atoms with E-state index in [0.717, 1.165) is 24.3 Å². The molecule has 0 radical (unpaired) electrons. The van der Waals surface area contributed by atoms with Crippen LogP contribution in [0, 0.1) is 5.92 Å². The fourth-order valence-corrected chi connectivity index (χ4v) is 3.56. The maximum atomic E-state index is 12.6. The summed E-state index contributed by atoms with van der Waals surface area (Å²) in [7, 11) is 0. The fraction of sp³-hybridized carbons (Fsp3) is 0.423. The Hall–Kier alpha value is -3.59. The first-order chi connectivity index (χ1) is 17.0. The summed E-state index contributed by atoms with van der Waals surface area (Å²) in [5.41, 5.74) is 2.49. The zero-order chi connectivity index (χ0) is 25.0. The molecule has 2 N–H and O–H groups in total. The largest absolute Gasteiger partial charge is 0.454 e. The lowest BCUT2D eigenvalue weighted by molar-refractivity contribution is -0.150. The monoisotopic (exact) mass is 483 g/mol. The van der Waals surface area contributed by atoms with Crippen molar-refractivity contribution in [2.75, 3.05) is 43.1 Å². The van der Waals surface area contributed by atoms with E-state index in [-0.39, 0.29) is 12.5 Å². The summed E-state index contributed by atoms with van der Waals surface area (Å²) in [6, 6.07) is 15.8. The molecule has 2 aromatic rings. The van der Waals surface area contributed by atoms with Crippen LogP contribution in [0.5, 0.6) is 0 Å². The van der Waals surface area contributed by atoms with Crippen LogP contribution in [0.25, 0.3) is 0 Å². The molecule has 2 amide bonds. The number of benzene rings is 2. The molecule has 1 fully saturated rings. The number of carbonyl (C=O) groups is 3. The third-order valence-electron chi connectivity index (χ3n) is 5.83. The van der Waals surface area contributed by atoms with Gasteiger partial charge < -0.3 is 29.7 Å². The first kappa shape index (κ1) is 26.0. The Morgan fingerprint density at radius 1 is 1.00 bits per heavy atom. The second-order valence-electron chi connectivity index (χ2n) is 8.37. The van der Waals surface area contributed by atoms with Crippen LogP contribution in [0.3, 0.4) is 0 Å². The van der Waals surface area contributed by atoms with Gasteiger partial charge in [-0.3, -0.25) is 4.79 Å². The number of hydrogen-bond donors (Lipinski definition) is 2. The van der Waals surface area contributed by atoms with Gasteiger partial charge in [-0.25, -0.2) is 9.59 Å². The van der Waals surface area contributed by atoms with Crippen LogP contribution < -0.4 is 15.5 Å². The summed E-state index contributed by atoms with van der Waals surface area (Å²) in [6.45, 7) is 6.38. The third kappa shape index (κ3) is 8.29. The van der Waals surface area contributed by atoms with E-state index in [0.29, 0.717) is 25.3 Å². The van der Waals surface area contributed by atoms with Crippen molar-refractivity contribution in [3.05, 3.63) is 60.2 Å². The van der Waals surface area contributed by atoms with Gasteiger partial charge in [0.25, 0.3) is 5.91 Å². The topological polar surface area (TPSA) is 106 Å². The van der Waals surface area contributed by atoms with E-state index >= 15 is 0 Å². The van der Waals surface area contributed by atoms with Gasteiger partial charge in [-0.05, 0) is 35.7 Å². The average Bonchev–Trinajstić information content (AvgIpc) is 2.90. The van der Waals surface area contributed by atoms with Gasteiger partial charge in [0.2, 0.25) is 0 Å². The van der Waals surface area contributed by atoms with Crippen molar-refractivity contribution < 1.29 is 28.6 Å². The highest BCUT2D eigenvalue weighted by Gasteiger charge is 2.28. The normalized spacial score (nSPS) is 15.0. The number of morpholine rings is 1. The predicted molar refractivity (Wildman–Crippen MR) is 132 cm³/mol. The second-order valence-corrected chi connectivity index (χ2v) is 8.37. The molecule has 2 aromatic carbocycles. The lowest BCUT2D eigenvalue weighted by atomic mass is 9.99. The number of amides is 2. The average molecular weight is 484 g/mol. The maximum Gasteiger partial charge on any atom is 0.408 e. The van der Waals surface area contributed by atoms with E-state index in [1.54, 1.807) is 12.1 Å². The summed E-state index contributed by atoms with van der Waals surface area (Å²) >= 11 is 0. The molecule has 0 spiro atoms. The van der Waals surface area contributed by atoms with Crippen molar-refractivity contribution in [2.45, 2.75) is 32.9 Å². The molecule has 3 rings (SSSR count). The first-order valence-electron chi connectivity index (χ1n) is 11.8. The molecule has 1 heterocycles. The van der Waals surface area contributed by atoms with Crippen LogP contribution in [-0.4, -0.2) is 56.9 Å². The minimum absolute atomic E-state index is 0.0850. The number of hydrogen-bond acceptors (Lipinski definition) is 7. The number of nitrogens with one attached hydrogen (secondary N) is 2. The Morgan fingerprint density at radius 3 is 2.34 bits per heavy atom. The molecule has 0 aromatic heterocycles. The molecular formula is C26H33N3O6. The molecule has 188 valence electrons. The highest BCUT2D eigenvalue weighted by atomic mass is 16.6. The molecule has 0 bridgehead atoms. The predicted octanol–water partition coefficient (Wildman–Crippen LogP) is 3.35. The Kier molecular flexibility index (Phi) is 9.92. The Labute approximate surface area is 205 Å². The molecule has 35 heavy (non-hydrogen) atoms. The van der Waals surface area contributed by atoms with Crippen LogP contribution >= 0.6 is 0 Å². The number of nitrogens with zero attached hydrogens (tertiary/aromatic N) is 1. The summed E-state index contributed by atoms with van der Waals surface area (Å²) in [4.78, 5) is 39.4. The van der Waals surface area contributed by atoms with Crippen LogP contribution in [0.15, 0.2) is 54.6 Å². The molecule has 0 aliphatic carbocycles. The van der Waals surface area contributed by atoms with Crippen LogP contribution in [0.2, 0.25) is 0 Å². The van der Waals surface area contributed by atoms with Crippen LogP contribution in [0.4, 0.5) is 16.2 Å². The molecule has 2 atom stereocenters. The highest BCUT2D eigenvalue weighted by molar-refractivity contribution is 5.93. The van der Waals surface area contributed by atoms with E-state index in [1.165, 1.54) is 0 Å². The van der Waals surface area contributed by atoms with Gasteiger partial charge in [-0.15, -0.1) is 0 Å². The van der Waals surface area contributed by atoms with Crippen molar-refractivity contribution in [1.82, 2.24) is 5.32 Å². The summed E-state index contributed by atoms with van der Waals surface area (Å²) in [5, 5.41) is 5.28. The molecule has 0 unspecified atom stereocenters. The van der Waals surface area contributed by atoms with E-state index in [9.17, 15) is 14.4 Å². The van der Waals surface area contributed by atoms with E-state index < -0.39 is 30.6 Å². The van der Waals surface area contributed by atoms with E-state index in [2.05, 4.69) is 15.5 Å². The smallest absolute Gasteiger partial charge is 0.408 e. The molecule has 1 saturated heterocycles. The zero-order valence-electron chi connectivity index (χ0n) is 20.2. The number of carbonyl (C=O) groups excluding carboxylic acids is 3. The van der Waals surface area contributed by atoms with Gasteiger partial charge in [-0.2, -0.15) is 0 Å². The molecule has 1 aliphatic heterocycles. The van der Waals surface area contributed by atoms with Crippen molar-refractivity contribution in [1.29, 1.82) is 0 Å². The van der Waals surface area contributed by atoms with Gasteiger partial charge in [0.15, 0.2) is 6.61 Å². The standard InChI is InChI=1S/C26H33N3O6/c1-3-19(2)24(28-26(32)35-17-20-7-5-4-6-8-20)25(31)34-18-23(30)27-21-9-11-22(12-10-21)29-13-15-33-16-14-29/h4-12,19,24H,3,13-18H2,1-2H3,(H,27,30)(H,28,32)/t19-,24+/m0/s1. The van der Waals surface area contributed by atoms with Crippen molar-refractivity contribution >= 4 is 29.3 Å². The molecule has 1 aliphatic rings. The number of alkyl carbamates (subject to hydrolysis) is 1. The molecule has 9 heteroatoms. The van der Waals surface area contributed by atoms with Gasteiger partial charge in [0.1, 0.15) is 12.6 Å². The summed E-state index contributed by atoms with van der Waals surface area (Å²) in [5.74, 6) is -1.36. The molecule has 0 saturated carbocycles. The molecular weight excluding hydrogens is 450 g/mol. The zero-order valence-corrected chi connectivity index (χ0v) is 20.2. The quantitative estimate of drug-likeness (QED) is 0.499. The van der Waals surface area contributed by atoms with Crippen molar-refractivity contribution in [3.63, 3.8) is 0 Å². The minimum Gasteiger partial charge on any atom is -0.454 e. The van der Waals surface area contributed by atoms with Gasteiger partial charge in [0, 0.05) is 24.5 Å². The van der Waals surface area contributed by atoms with Gasteiger partial charge >= 0.3 is 12.1 Å².